The van der Waals surface area contributed by atoms with Gasteiger partial charge in [0.05, 0.1) is 4.92 Å². The third-order valence-electron chi connectivity index (χ3n) is 3.32. The molecule has 0 aliphatic heterocycles. The number of hydrogen-bond acceptors (Lipinski definition) is 3. The topological polar surface area (TPSA) is 67.2 Å². The van der Waals surface area contributed by atoms with Crippen LogP contribution in [0.5, 0.6) is 0 Å². The summed E-state index contributed by atoms with van der Waals surface area (Å²) >= 11 is 5.27. The molecule has 0 aliphatic carbocycles. The molecule has 0 radical (unpaired) electrons. The maximum Gasteiger partial charge on any atom is 0.292 e. The Balaban J connectivity index is 2.21. The van der Waals surface area contributed by atoms with Crippen LogP contribution in [-0.2, 0) is 0 Å². The van der Waals surface area contributed by atoms with Crippen LogP contribution in [-0.4, -0.2) is 10.0 Å². The van der Waals surface area contributed by atoms with E-state index >= 15 is 0 Å². The summed E-state index contributed by atoms with van der Waals surface area (Å²) in [5.41, 5.74) is 4.23. The summed E-state index contributed by atoms with van der Waals surface area (Å²) in [6, 6.07) is 10.9. The maximum atomic E-state index is 11.1. The van der Waals surface area contributed by atoms with Crippen molar-refractivity contribution in [3.8, 4) is 0 Å². The number of anilines is 2. The van der Waals surface area contributed by atoms with Crippen LogP contribution in [0.4, 0.5) is 17.1 Å². The molecular weight excluding hydrogens is 298 g/mol. The Bertz CT molecular complexity index is 724. The zero-order valence-corrected chi connectivity index (χ0v) is 13.5. The van der Waals surface area contributed by atoms with Gasteiger partial charge < -0.3 is 10.6 Å². The van der Waals surface area contributed by atoms with E-state index in [2.05, 4.69) is 10.6 Å². The highest BCUT2D eigenvalue weighted by Gasteiger charge is 2.15. The monoisotopic (exact) mass is 315 g/mol. The molecule has 2 rings (SSSR count). The van der Waals surface area contributed by atoms with E-state index < -0.39 is 4.92 Å². The molecule has 0 spiro atoms. The normalized spacial score (nSPS) is 10.1. The number of nitro groups is 1. The van der Waals surface area contributed by atoms with Crippen molar-refractivity contribution in [2.45, 2.75) is 20.8 Å². The number of rotatable bonds is 3. The van der Waals surface area contributed by atoms with Gasteiger partial charge in [0.25, 0.3) is 5.69 Å². The highest BCUT2D eigenvalue weighted by Crippen LogP contribution is 2.26. The van der Waals surface area contributed by atoms with E-state index in [1.54, 1.807) is 12.1 Å². The number of nitrogens with one attached hydrogen (secondary N) is 2. The van der Waals surface area contributed by atoms with Gasteiger partial charge in [-0.15, -0.1) is 0 Å². The fraction of sp³-hybridized carbons (Fsp3) is 0.188. The lowest BCUT2D eigenvalue weighted by atomic mass is 10.1. The van der Waals surface area contributed by atoms with Crippen LogP contribution in [0.15, 0.2) is 36.4 Å². The smallest absolute Gasteiger partial charge is 0.292 e. The Labute approximate surface area is 134 Å². The minimum Gasteiger partial charge on any atom is -0.332 e. The van der Waals surface area contributed by atoms with Crippen LogP contribution in [0.2, 0.25) is 0 Å². The van der Waals surface area contributed by atoms with Gasteiger partial charge in [0.15, 0.2) is 5.11 Å². The number of para-hydroxylation sites is 1. The van der Waals surface area contributed by atoms with Gasteiger partial charge in [0.1, 0.15) is 5.69 Å². The molecule has 0 fully saturated rings. The first-order valence-corrected chi connectivity index (χ1v) is 7.18. The summed E-state index contributed by atoms with van der Waals surface area (Å²) in [7, 11) is 0. The van der Waals surface area contributed by atoms with Crippen molar-refractivity contribution in [3.05, 3.63) is 63.2 Å². The van der Waals surface area contributed by atoms with Crippen LogP contribution >= 0.6 is 12.2 Å². The molecular formula is C16H17N3O2S. The van der Waals surface area contributed by atoms with E-state index in [1.807, 2.05) is 39.0 Å². The Morgan fingerprint density at radius 1 is 1.09 bits per heavy atom. The van der Waals surface area contributed by atoms with Crippen LogP contribution in [0.25, 0.3) is 0 Å². The van der Waals surface area contributed by atoms with Crippen molar-refractivity contribution in [3.63, 3.8) is 0 Å². The van der Waals surface area contributed by atoms with Crippen molar-refractivity contribution < 1.29 is 4.92 Å². The summed E-state index contributed by atoms with van der Waals surface area (Å²) in [6.07, 6.45) is 0. The van der Waals surface area contributed by atoms with Gasteiger partial charge in [-0.05, 0) is 55.7 Å². The average molecular weight is 315 g/mol. The molecule has 0 saturated heterocycles. The predicted molar refractivity (Wildman–Crippen MR) is 93.6 cm³/mol. The molecule has 0 saturated carbocycles. The van der Waals surface area contributed by atoms with E-state index in [-0.39, 0.29) is 5.69 Å². The van der Waals surface area contributed by atoms with Gasteiger partial charge in [0.2, 0.25) is 0 Å². The highest BCUT2D eigenvalue weighted by molar-refractivity contribution is 7.80. The average Bonchev–Trinajstić information content (AvgIpc) is 2.45. The second-order valence-corrected chi connectivity index (χ2v) is 5.53. The van der Waals surface area contributed by atoms with Crippen molar-refractivity contribution in [1.29, 1.82) is 0 Å². The minimum atomic E-state index is -0.420. The highest BCUT2D eigenvalue weighted by atomic mass is 32.1. The molecule has 0 atom stereocenters. The maximum absolute atomic E-state index is 11.1. The van der Waals surface area contributed by atoms with Crippen molar-refractivity contribution in [1.82, 2.24) is 0 Å². The lowest BCUT2D eigenvalue weighted by Crippen LogP contribution is -2.20. The Morgan fingerprint density at radius 3 is 2.32 bits per heavy atom. The summed E-state index contributed by atoms with van der Waals surface area (Å²) in [4.78, 5) is 10.7. The fourth-order valence-electron chi connectivity index (χ4n) is 2.18. The molecule has 0 bridgehead atoms. The van der Waals surface area contributed by atoms with Crippen LogP contribution in [0, 0.1) is 30.9 Å². The van der Waals surface area contributed by atoms with Crippen molar-refractivity contribution in [2.24, 2.45) is 0 Å². The Hall–Kier alpha value is -2.47. The Morgan fingerprint density at radius 2 is 1.73 bits per heavy atom. The van der Waals surface area contributed by atoms with E-state index in [0.717, 1.165) is 22.4 Å². The molecule has 0 unspecified atom stereocenters. The fourth-order valence-corrected chi connectivity index (χ4v) is 2.39. The summed E-state index contributed by atoms with van der Waals surface area (Å²) < 4.78 is 0. The molecule has 5 nitrogen and oxygen atoms in total. The van der Waals surface area contributed by atoms with Gasteiger partial charge in [-0.25, -0.2) is 0 Å². The summed E-state index contributed by atoms with van der Waals surface area (Å²) in [5.74, 6) is 0. The van der Waals surface area contributed by atoms with E-state index in [1.165, 1.54) is 6.07 Å². The molecule has 2 aromatic carbocycles. The molecule has 2 aromatic rings. The molecule has 0 aromatic heterocycles. The molecule has 0 aliphatic rings. The predicted octanol–water partition coefficient (Wildman–Crippen LogP) is 4.33. The largest absolute Gasteiger partial charge is 0.332 e. The number of nitro benzene ring substituents is 1. The van der Waals surface area contributed by atoms with E-state index in [4.69, 9.17) is 12.2 Å². The van der Waals surface area contributed by atoms with Crippen molar-refractivity contribution in [2.75, 3.05) is 10.6 Å². The lowest BCUT2D eigenvalue weighted by molar-refractivity contribution is -0.383. The van der Waals surface area contributed by atoms with E-state index in [9.17, 15) is 10.1 Å². The number of thiocarbonyl (C=S) groups is 1. The molecule has 114 valence electrons. The number of benzene rings is 2. The van der Waals surface area contributed by atoms with Gasteiger partial charge in [-0.2, -0.15) is 0 Å². The molecule has 0 amide bonds. The zero-order valence-electron chi connectivity index (χ0n) is 12.6. The molecule has 6 heteroatoms. The lowest BCUT2D eigenvalue weighted by Gasteiger charge is -2.15. The van der Waals surface area contributed by atoms with Gasteiger partial charge in [0, 0.05) is 11.8 Å². The van der Waals surface area contributed by atoms with Gasteiger partial charge in [-0.1, -0.05) is 24.3 Å². The van der Waals surface area contributed by atoms with Crippen LogP contribution in [0.1, 0.15) is 16.7 Å². The zero-order chi connectivity index (χ0) is 16.3. The second kappa shape index (κ2) is 6.53. The molecule has 2 N–H and O–H groups in total. The quantitative estimate of drug-likeness (QED) is 0.501. The van der Waals surface area contributed by atoms with Crippen LogP contribution < -0.4 is 10.6 Å². The van der Waals surface area contributed by atoms with Gasteiger partial charge in [-0.3, -0.25) is 10.1 Å². The SMILES string of the molecule is Cc1ccc(NC(=S)Nc2c(C)cccc2C)c([N+](=O)[O-])c1. The first kappa shape index (κ1) is 15.9. The Kier molecular flexibility index (Phi) is 4.72. The molecule has 22 heavy (non-hydrogen) atoms. The summed E-state index contributed by atoms with van der Waals surface area (Å²) in [6.45, 7) is 5.77. The molecule has 0 heterocycles. The summed E-state index contributed by atoms with van der Waals surface area (Å²) in [5, 5.41) is 17.5. The van der Waals surface area contributed by atoms with E-state index in [0.29, 0.717) is 10.8 Å². The first-order chi connectivity index (χ1) is 10.4. The second-order valence-electron chi connectivity index (χ2n) is 5.12. The number of nitrogens with zero attached hydrogens (tertiary/aromatic N) is 1. The third kappa shape index (κ3) is 3.59. The minimum absolute atomic E-state index is 0.00524. The standard InChI is InChI=1S/C16H17N3O2S/c1-10-7-8-13(14(9-10)19(20)21)17-16(22)18-15-11(2)5-4-6-12(15)3/h4-9H,1-3H3,(H2,17,18,22). The van der Waals surface area contributed by atoms with Gasteiger partial charge >= 0.3 is 0 Å². The first-order valence-electron chi connectivity index (χ1n) is 6.77. The number of hydrogen-bond donors (Lipinski definition) is 2. The van der Waals surface area contributed by atoms with Crippen molar-refractivity contribution >= 4 is 34.4 Å². The third-order valence-corrected chi connectivity index (χ3v) is 3.52. The number of aryl methyl sites for hydroxylation is 3. The van der Waals surface area contributed by atoms with Crippen LogP contribution in [0.3, 0.4) is 0 Å².